The maximum atomic E-state index is 12.9. The molecule has 0 spiro atoms. The van der Waals surface area contributed by atoms with Gasteiger partial charge in [0, 0.05) is 6.61 Å². The molecule has 0 saturated heterocycles. The highest BCUT2D eigenvalue weighted by molar-refractivity contribution is 5.91. The van der Waals surface area contributed by atoms with Gasteiger partial charge in [0.2, 0.25) is 0 Å². The van der Waals surface area contributed by atoms with E-state index in [2.05, 4.69) is 45.0 Å². The smallest absolute Gasteiger partial charge is 0.343 e. The predicted molar refractivity (Wildman–Crippen MR) is 224 cm³/mol. The van der Waals surface area contributed by atoms with Gasteiger partial charge in [0.1, 0.15) is 5.75 Å². The van der Waals surface area contributed by atoms with Crippen LogP contribution in [-0.4, -0.2) is 12.6 Å². The molecule has 0 radical (unpaired) electrons. The number of unbranched alkanes of at least 4 members (excludes halogenated alkanes) is 22. The number of esters is 1. The molecule has 52 heavy (non-hydrogen) atoms. The van der Waals surface area contributed by atoms with Gasteiger partial charge in [-0.2, -0.15) is 0 Å². The number of benzene rings is 3. The molecule has 3 rings (SSSR count). The summed E-state index contributed by atoms with van der Waals surface area (Å²) in [4.78, 5) is 12.9. The third kappa shape index (κ3) is 19.2. The summed E-state index contributed by atoms with van der Waals surface area (Å²) in [6.07, 6.45) is 33.9. The number of aryl methyl sites for hydroxylation is 1. The molecule has 0 heterocycles. The first kappa shape index (κ1) is 43.5. The summed E-state index contributed by atoms with van der Waals surface area (Å²) in [5.41, 5.74) is 5.34. The highest BCUT2D eigenvalue weighted by Gasteiger charge is 2.12. The fourth-order valence-corrected chi connectivity index (χ4v) is 7.10. The van der Waals surface area contributed by atoms with Gasteiger partial charge in [-0.1, -0.05) is 204 Å². The van der Waals surface area contributed by atoms with Crippen molar-refractivity contribution < 1.29 is 14.3 Å². The zero-order valence-corrected chi connectivity index (χ0v) is 33.6. The molecule has 3 heteroatoms. The van der Waals surface area contributed by atoms with Crippen molar-refractivity contribution in [2.75, 3.05) is 6.61 Å². The molecule has 0 bridgehead atoms. The van der Waals surface area contributed by atoms with Crippen molar-refractivity contribution >= 4 is 5.97 Å². The molecule has 0 fully saturated rings. The van der Waals surface area contributed by atoms with E-state index in [4.69, 9.17) is 9.47 Å². The summed E-state index contributed by atoms with van der Waals surface area (Å²) in [6.45, 7) is 7.44. The Hall–Kier alpha value is -2.91. The fourth-order valence-electron chi connectivity index (χ4n) is 7.10. The number of hydrogen-bond acceptors (Lipinski definition) is 3. The van der Waals surface area contributed by atoms with Crippen LogP contribution in [0.1, 0.15) is 202 Å². The second-order valence-electron chi connectivity index (χ2n) is 15.3. The standard InChI is InChI=1S/C49H74O3/c1-4-6-8-10-12-14-16-17-18-19-21-23-25-27-41-51-42(3)44-33-35-47(36-34-44)49(50)52-48-39-37-46(38-40-48)45-31-29-43(30-32-45)28-26-24-22-20-15-13-11-9-7-5-2/h29-40,42H,4-28,41H2,1-3H3. The molecular formula is C49H74O3. The van der Waals surface area contributed by atoms with Gasteiger partial charge in [-0.05, 0) is 72.7 Å². The van der Waals surface area contributed by atoms with E-state index in [1.165, 1.54) is 159 Å². The van der Waals surface area contributed by atoms with Gasteiger partial charge in [0.25, 0.3) is 0 Å². The lowest BCUT2D eigenvalue weighted by Gasteiger charge is -2.14. The van der Waals surface area contributed by atoms with Gasteiger partial charge in [0.05, 0.1) is 11.7 Å². The molecule has 0 aliphatic heterocycles. The topological polar surface area (TPSA) is 35.5 Å². The highest BCUT2D eigenvalue weighted by atomic mass is 16.5. The molecule has 0 N–H and O–H groups in total. The maximum absolute atomic E-state index is 12.9. The first-order valence-corrected chi connectivity index (χ1v) is 21.7. The Morgan fingerprint density at radius 1 is 0.481 bits per heavy atom. The Morgan fingerprint density at radius 3 is 1.35 bits per heavy atom. The van der Waals surface area contributed by atoms with Gasteiger partial charge < -0.3 is 9.47 Å². The molecule has 0 amide bonds. The van der Waals surface area contributed by atoms with Crippen molar-refractivity contribution in [2.45, 2.75) is 187 Å². The Kier molecular flexibility index (Phi) is 23.9. The van der Waals surface area contributed by atoms with E-state index in [1.807, 2.05) is 48.5 Å². The summed E-state index contributed by atoms with van der Waals surface area (Å²) in [6, 6.07) is 24.4. The van der Waals surface area contributed by atoms with Crippen LogP contribution in [-0.2, 0) is 11.2 Å². The van der Waals surface area contributed by atoms with Crippen LogP contribution in [0.2, 0.25) is 0 Å². The van der Waals surface area contributed by atoms with Gasteiger partial charge in [-0.25, -0.2) is 4.79 Å². The lowest BCUT2D eigenvalue weighted by Crippen LogP contribution is -2.09. The number of carbonyl (C=O) groups is 1. The van der Waals surface area contributed by atoms with Crippen LogP contribution in [0, 0.1) is 0 Å². The summed E-state index contributed by atoms with van der Waals surface area (Å²) in [5.74, 6) is 0.215. The summed E-state index contributed by atoms with van der Waals surface area (Å²) < 4.78 is 11.8. The third-order valence-electron chi connectivity index (χ3n) is 10.7. The summed E-state index contributed by atoms with van der Waals surface area (Å²) >= 11 is 0. The number of ether oxygens (including phenoxy) is 2. The second-order valence-corrected chi connectivity index (χ2v) is 15.3. The average molecular weight is 711 g/mol. The largest absolute Gasteiger partial charge is 0.423 e. The van der Waals surface area contributed by atoms with Crippen LogP contribution >= 0.6 is 0 Å². The minimum Gasteiger partial charge on any atom is -0.423 e. The van der Waals surface area contributed by atoms with Crippen molar-refractivity contribution in [1.82, 2.24) is 0 Å². The molecule has 3 aromatic rings. The van der Waals surface area contributed by atoms with Crippen LogP contribution in [0.25, 0.3) is 11.1 Å². The van der Waals surface area contributed by atoms with E-state index in [1.54, 1.807) is 0 Å². The molecular weight excluding hydrogens is 637 g/mol. The van der Waals surface area contributed by atoms with Gasteiger partial charge in [-0.15, -0.1) is 0 Å². The maximum Gasteiger partial charge on any atom is 0.343 e. The molecule has 3 nitrogen and oxygen atoms in total. The highest BCUT2D eigenvalue weighted by Crippen LogP contribution is 2.25. The van der Waals surface area contributed by atoms with E-state index < -0.39 is 0 Å². The van der Waals surface area contributed by atoms with E-state index in [0.717, 1.165) is 30.6 Å². The van der Waals surface area contributed by atoms with Crippen LogP contribution < -0.4 is 4.74 Å². The number of rotatable bonds is 31. The molecule has 288 valence electrons. The predicted octanol–water partition coefficient (Wildman–Crippen LogP) is 15.6. The zero-order valence-electron chi connectivity index (χ0n) is 33.6. The van der Waals surface area contributed by atoms with E-state index in [-0.39, 0.29) is 12.1 Å². The van der Waals surface area contributed by atoms with Gasteiger partial charge in [-0.3, -0.25) is 0 Å². The molecule has 1 unspecified atom stereocenters. The van der Waals surface area contributed by atoms with Gasteiger partial charge >= 0.3 is 5.97 Å². The molecule has 1 atom stereocenters. The third-order valence-corrected chi connectivity index (χ3v) is 10.7. The molecule has 0 saturated carbocycles. The van der Waals surface area contributed by atoms with Crippen molar-refractivity contribution in [3.05, 3.63) is 89.5 Å². The molecule has 0 aliphatic rings. The zero-order chi connectivity index (χ0) is 36.9. The monoisotopic (exact) mass is 711 g/mol. The van der Waals surface area contributed by atoms with Crippen LogP contribution in [0.3, 0.4) is 0 Å². The second kappa shape index (κ2) is 28.6. The SMILES string of the molecule is CCCCCCCCCCCCCCCCOC(C)c1ccc(C(=O)Oc2ccc(-c3ccc(CCCCCCCCCCCC)cc3)cc2)cc1. The van der Waals surface area contributed by atoms with Crippen molar-refractivity contribution in [3.8, 4) is 16.9 Å². The van der Waals surface area contributed by atoms with E-state index >= 15 is 0 Å². The normalized spacial score (nSPS) is 11.9. The lowest BCUT2D eigenvalue weighted by molar-refractivity contribution is 0.0626. The molecule has 0 aromatic heterocycles. The summed E-state index contributed by atoms with van der Waals surface area (Å²) in [7, 11) is 0. The van der Waals surface area contributed by atoms with Crippen molar-refractivity contribution in [1.29, 1.82) is 0 Å². The van der Waals surface area contributed by atoms with Gasteiger partial charge in [0.15, 0.2) is 0 Å². The lowest BCUT2D eigenvalue weighted by atomic mass is 10.0. The first-order valence-electron chi connectivity index (χ1n) is 21.7. The average Bonchev–Trinajstić information content (AvgIpc) is 3.17. The van der Waals surface area contributed by atoms with Crippen LogP contribution in [0.15, 0.2) is 72.8 Å². The van der Waals surface area contributed by atoms with Crippen molar-refractivity contribution in [3.63, 3.8) is 0 Å². The van der Waals surface area contributed by atoms with Crippen molar-refractivity contribution in [2.24, 2.45) is 0 Å². The Labute approximate surface area is 319 Å². The van der Waals surface area contributed by atoms with Crippen LogP contribution in [0.5, 0.6) is 5.75 Å². The first-order chi connectivity index (χ1) is 25.6. The Bertz CT molecular complexity index is 1280. The number of hydrogen-bond donors (Lipinski definition) is 0. The molecule has 0 aliphatic carbocycles. The minimum absolute atomic E-state index is 0.00775. The van der Waals surface area contributed by atoms with Crippen LogP contribution in [0.4, 0.5) is 0 Å². The quantitative estimate of drug-likeness (QED) is 0.0379. The number of carbonyl (C=O) groups excluding carboxylic acids is 1. The fraction of sp³-hybridized carbons (Fsp3) is 0.612. The summed E-state index contributed by atoms with van der Waals surface area (Å²) in [5, 5.41) is 0. The van der Waals surface area contributed by atoms with E-state index in [9.17, 15) is 4.79 Å². The minimum atomic E-state index is -0.341. The Balaban J connectivity index is 1.25. The molecule has 3 aromatic carbocycles. The Morgan fingerprint density at radius 2 is 0.885 bits per heavy atom. The van der Waals surface area contributed by atoms with E-state index in [0.29, 0.717) is 11.3 Å².